The third-order valence-electron chi connectivity index (χ3n) is 4.54. The van der Waals surface area contributed by atoms with Gasteiger partial charge in [0.15, 0.2) is 0 Å². The second kappa shape index (κ2) is 7.07. The maximum atomic E-state index is 13.2. The topological polar surface area (TPSA) is 55.3 Å². The monoisotopic (exact) mass is 351 g/mol. The van der Waals surface area contributed by atoms with Gasteiger partial charge in [0, 0.05) is 50.0 Å². The second-order valence-corrected chi connectivity index (χ2v) is 6.33. The molecule has 1 amide bonds. The number of hydrogen-bond donors (Lipinski definition) is 0. The summed E-state index contributed by atoms with van der Waals surface area (Å²) < 4.78 is 19.1. The molecule has 0 radical (unpaired) electrons. The Kier molecular flexibility index (Phi) is 4.48. The highest BCUT2D eigenvalue weighted by Crippen LogP contribution is 2.21. The molecule has 6 heteroatoms. The van der Waals surface area contributed by atoms with Crippen molar-refractivity contribution in [1.29, 1.82) is 0 Å². The third kappa shape index (κ3) is 3.49. The molecule has 0 N–H and O–H groups in total. The zero-order valence-corrected chi connectivity index (χ0v) is 14.1. The molecule has 5 nitrogen and oxygen atoms in total. The van der Waals surface area contributed by atoms with Crippen LogP contribution in [0.2, 0.25) is 0 Å². The first-order valence-electron chi connectivity index (χ1n) is 8.61. The molecule has 0 spiro atoms. The Labute approximate surface area is 150 Å². The number of hydrogen-bond acceptors (Lipinski definition) is 4. The van der Waals surface area contributed by atoms with Crippen molar-refractivity contribution in [3.05, 3.63) is 66.2 Å². The minimum absolute atomic E-state index is 0.0108. The fourth-order valence-electron chi connectivity index (χ4n) is 3.19. The first-order chi connectivity index (χ1) is 12.7. The van der Waals surface area contributed by atoms with E-state index in [1.54, 1.807) is 36.7 Å². The number of rotatable bonds is 3. The smallest absolute Gasteiger partial charge is 0.253 e. The SMILES string of the molecule is O=C(c1ccc2nccnc2c1)N1CCC(Oc2cccc(F)c2)CC1. The van der Waals surface area contributed by atoms with Crippen LogP contribution in [0.4, 0.5) is 4.39 Å². The van der Waals surface area contributed by atoms with E-state index >= 15 is 0 Å². The number of likely N-dealkylation sites (tertiary alicyclic amines) is 1. The number of nitrogens with zero attached hydrogens (tertiary/aromatic N) is 3. The van der Waals surface area contributed by atoms with Crippen LogP contribution in [-0.4, -0.2) is 40.0 Å². The molecule has 1 aromatic heterocycles. The summed E-state index contributed by atoms with van der Waals surface area (Å²) in [4.78, 5) is 23.0. The van der Waals surface area contributed by atoms with Gasteiger partial charge in [0.05, 0.1) is 11.0 Å². The van der Waals surface area contributed by atoms with Gasteiger partial charge in [-0.1, -0.05) is 6.07 Å². The van der Waals surface area contributed by atoms with Gasteiger partial charge >= 0.3 is 0 Å². The zero-order chi connectivity index (χ0) is 17.9. The maximum Gasteiger partial charge on any atom is 0.253 e. The van der Waals surface area contributed by atoms with Crippen molar-refractivity contribution in [2.24, 2.45) is 0 Å². The summed E-state index contributed by atoms with van der Waals surface area (Å²) in [7, 11) is 0. The predicted octanol–water partition coefficient (Wildman–Crippen LogP) is 3.45. The highest BCUT2D eigenvalue weighted by molar-refractivity contribution is 5.97. The number of ether oxygens (including phenoxy) is 1. The van der Waals surface area contributed by atoms with Gasteiger partial charge in [-0.3, -0.25) is 14.8 Å². The maximum absolute atomic E-state index is 13.2. The van der Waals surface area contributed by atoms with Crippen molar-refractivity contribution in [2.45, 2.75) is 18.9 Å². The van der Waals surface area contributed by atoms with E-state index in [1.165, 1.54) is 12.1 Å². The number of halogens is 1. The second-order valence-electron chi connectivity index (χ2n) is 6.33. The van der Waals surface area contributed by atoms with Crippen molar-refractivity contribution in [2.75, 3.05) is 13.1 Å². The molecule has 1 aliphatic heterocycles. The number of amides is 1. The number of carbonyl (C=O) groups excluding carboxylic acids is 1. The lowest BCUT2D eigenvalue weighted by Gasteiger charge is -2.32. The first-order valence-corrected chi connectivity index (χ1v) is 8.61. The minimum atomic E-state index is -0.311. The zero-order valence-electron chi connectivity index (χ0n) is 14.1. The van der Waals surface area contributed by atoms with Gasteiger partial charge in [0.1, 0.15) is 17.7 Å². The Morgan fingerprint density at radius 3 is 2.58 bits per heavy atom. The van der Waals surface area contributed by atoms with E-state index in [4.69, 9.17) is 4.74 Å². The average Bonchev–Trinajstić information content (AvgIpc) is 2.68. The number of piperidine rings is 1. The van der Waals surface area contributed by atoms with Gasteiger partial charge in [0.2, 0.25) is 0 Å². The number of carbonyl (C=O) groups is 1. The molecule has 0 atom stereocenters. The van der Waals surface area contributed by atoms with Crippen LogP contribution >= 0.6 is 0 Å². The fourth-order valence-corrected chi connectivity index (χ4v) is 3.19. The molecule has 0 aliphatic carbocycles. The van der Waals surface area contributed by atoms with E-state index in [9.17, 15) is 9.18 Å². The average molecular weight is 351 g/mol. The largest absolute Gasteiger partial charge is 0.490 e. The summed E-state index contributed by atoms with van der Waals surface area (Å²) >= 11 is 0. The Morgan fingerprint density at radius 1 is 1.04 bits per heavy atom. The molecule has 0 saturated carbocycles. The molecular formula is C20H18FN3O2. The molecule has 1 aliphatic rings. The molecular weight excluding hydrogens is 333 g/mol. The Bertz CT molecular complexity index is 939. The van der Waals surface area contributed by atoms with E-state index in [-0.39, 0.29) is 17.8 Å². The normalized spacial score (nSPS) is 15.2. The fraction of sp³-hybridized carbons (Fsp3) is 0.250. The van der Waals surface area contributed by atoms with Crippen LogP contribution in [0.5, 0.6) is 5.75 Å². The van der Waals surface area contributed by atoms with Crippen molar-refractivity contribution in [1.82, 2.24) is 14.9 Å². The van der Waals surface area contributed by atoms with E-state index < -0.39 is 0 Å². The van der Waals surface area contributed by atoms with Crippen LogP contribution in [-0.2, 0) is 0 Å². The molecule has 3 aromatic rings. The van der Waals surface area contributed by atoms with Gasteiger partial charge in [0.25, 0.3) is 5.91 Å². The molecule has 2 aromatic carbocycles. The third-order valence-corrected chi connectivity index (χ3v) is 4.54. The minimum Gasteiger partial charge on any atom is -0.490 e. The molecule has 1 saturated heterocycles. The van der Waals surface area contributed by atoms with Crippen LogP contribution in [0.3, 0.4) is 0 Å². The Balaban J connectivity index is 1.39. The van der Waals surface area contributed by atoms with Gasteiger partial charge in [-0.2, -0.15) is 0 Å². The van der Waals surface area contributed by atoms with Crippen molar-refractivity contribution >= 4 is 16.9 Å². The number of aromatic nitrogens is 2. The summed E-state index contributed by atoms with van der Waals surface area (Å²) in [6.07, 6.45) is 4.67. The molecule has 0 unspecified atom stereocenters. The molecule has 1 fully saturated rings. The summed E-state index contributed by atoms with van der Waals surface area (Å²) in [5.74, 6) is 0.208. The Hall–Kier alpha value is -3.02. The summed E-state index contributed by atoms with van der Waals surface area (Å²) in [6, 6.07) is 11.5. The van der Waals surface area contributed by atoms with Crippen LogP contribution < -0.4 is 4.74 Å². The van der Waals surface area contributed by atoms with Gasteiger partial charge in [-0.15, -0.1) is 0 Å². The quantitative estimate of drug-likeness (QED) is 0.725. The molecule has 132 valence electrons. The van der Waals surface area contributed by atoms with Crippen LogP contribution in [0.15, 0.2) is 54.9 Å². The lowest BCUT2D eigenvalue weighted by atomic mass is 10.1. The van der Waals surface area contributed by atoms with Gasteiger partial charge < -0.3 is 9.64 Å². The summed E-state index contributed by atoms with van der Waals surface area (Å²) in [6.45, 7) is 1.22. The summed E-state index contributed by atoms with van der Waals surface area (Å²) in [5, 5.41) is 0. The predicted molar refractivity (Wildman–Crippen MR) is 95.5 cm³/mol. The highest BCUT2D eigenvalue weighted by Gasteiger charge is 2.25. The summed E-state index contributed by atoms with van der Waals surface area (Å²) in [5.41, 5.74) is 2.09. The van der Waals surface area contributed by atoms with E-state index in [1.807, 2.05) is 11.0 Å². The Morgan fingerprint density at radius 2 is 1.81 bits per heavy atom. The molecule has 4 rings (SSSR count). The number of benzene rings is 2. The molecule has 26 heavy (non-hydrogen) atoms. The van der Waals surface area contributed by atoms with Crippen LogP contribution in [0.1, 0.15) is 23.2 Å². The van der Waals surface area contributed by atoms with Crippen LogP contribution in [0.25, 0.3) is 11.0 Å². The highest BCUT2D eigenvalue weighted by atomic mass is 19.1. The van der Waals surface area contributed by atoms with E-state index in [2.05, 4.69) is 9.97 Å². The van der Waals surface area contributed by atoms with Gasteiger partial charge in [-0.25, -0.2) is 4.39 Å². The van der Waals surface area contributed by atoms with Gasteiger partial charge in [-0.05, 0) is 30.3 Å². The molecule has 0 bridgehead atoms. The lowest BCUT2D eigenvalue weighted by Crippen LogP contribution is -2.41. The van der Waals surface area contributed by atoms with E-state index in [0.717, 1.165) is 18.4 Å². The molecule has 2 heterocycles. The van der Waals surface area contributed by atoms with Crippen LogP contribution in [0, 0.1) is 5.82 Å². The van der Waals surface area contributed by atoms with Crippen molar-refractivity contribution < 1.29 is 13.9 Å². The van der Waals surface area contributed by atoms with E-state index in [0.29, 0.717) is 29.9 Å². The van der Waals surface area contributed by atoms with Crippen molar-refractivity contribution in [3.63, 3.8) is 0 Å². The first kappa shape index (κ1) is 16.4. The number of fused-ring (bicyclic) bond motifs is 1. The lowest BCUT2D eigenvalue weighted by molar-refractivity contribution is 0.0595. The standard InChI is InChI=1S/C20H18FN3O2/c21-15-2-1-3-17(13-15)26-16-6-10-24(11-7-16)20(25)14-4-5-18-19(12-14)23-9-8-22-18/h1-5,8-9,12-13,16H,6-7,10-11H2. The van der Waals surface area contributed by atoms with Crippen molar-refractivity contribution in [3.8, 4) is 5.75 Å².